The van der Waals surface area contributed by atoms with Crippen molar-refractivity contribution in [1.82, 2.24) is 9.30 Å². The molecule has 142 valence electrons. The standard InChI is InChI=1S/C20H23N3O4/c1-13(2)9-19-20(25)23(27-4)16(12-22(19)26)10-15-11-21(14(3)24)18-8-6-5-7-17(15)18/h5-8,11-13H,9-10H2,1-4H3. The number of hydrogen-bond acceptors (Lipinski definition) is 4. The van der Waals surface area contributed by atoms with Gasteiger partial charge in [0.15, 0.2) is 0 Å². The third-order valence-corrected chi connectivity index (χ3v) is 4.51. The van der Waals surface area contributed by atoms with Crippen LogP contribution >= 0.6 is 0 Å². The molecule has 0 bridgehead atoms. The number of nitrogens with zero attached hydrogens (tertiary/aromatic N) is 3. The fourth-order valence-corrected chi connectivity index (χ4v) is 3.34. The Balaban J connectivity index is 2.13. The lowest BCUT2D eigenvalue weighted by Crippen LogP contribution is -2.46. The minimum atomic E-state index is -0.450. The van der Waals surface area contributed by atoms with Gasteiger partial charge in [-0.3, -0.25) is 14.2 Å². The van der Waals surface area contributed by atoms with Crippen molar-refractivity contribution >= 4 is 16.8 Å². The van der Waals surface area contributed by atoms with Crippen molar-refractivity contribution in [2.24, 2.45) is 5.92 Å². The highest BCUT2D eigenvalue weighted by Gasteiger charge is 2.22. The number of fused-ring (bicyclic) bond motifs is 1. The van der Waals surface area contributed by atoms with Crippen LogP contribution in [0.5, 0.6) is 0 Å². The number of benzene rings is 1. The van der Waals surface area contributed by atoms with Gasteiger partial charge in [-0.15, -0.1) is 4.73 Å². The first-order chi connectivity index (χ1) is 12.8. The second-order valence-corrected chi connectivity index (χ2v) is 7.01. The number of carbonyl (C=O) groups is 1. The van der Waals surface area contributed by atoms with Crippen LogP contribution in [0.15, 0.2) is 41.5 Å². The smallest absolute Gasteiger partial charge is 0.352 e. The van der Waals surface area contributed by atoms with Crippen molar-refractivity contribution in [3.05, 3.63) is 69.2 Å². The minimum Gasteiger partial charge on any atom is -0.618 e. The highest BCUT2D eigenvalue weighted by Crippen LogP contribution is 2.23. The van der Waals surface area contributed by atoms with Gasteiger partial charge in [0.25, 0.3) is 5.69 Å². The van der Waals surface area contributed by atoms with Crippen LogP contribution in [-0.2, 0) is 12.8 Å². The summed E-state index contributed by atoms with van der Waals surface area (Å²) in [6, 6.07) is 7.53. The Bertz CT molecular complexity index is 1060. The molecule has 0 saturated heterocycles. The lowest BCUT2D eigenvalue weighted by Gasteiger charge is -2.13. The predicted octanol–water partition coefficient (Wildman–Crippen LogP) is 1.94. The van der Waals surface area contributed by atoms with Crippen LogP contribution in [0.1, 0.15) is 42.5 Å². The maximum atomic E-state index is 12.7. The number of aromatic nitrogens is 3. The van der Waals surface area contributed by atoms with Crippen molar-refractivity contribution in [1.29, 1.82) is 0 Å². The fraction of sp³-hybridized carbons (Fsp3) is 0.350. The first kappa shape index (κ1) is 18.7. The molecule has 0 unspecified atom stereocenters. The SMILES string of the molecule is COn1c(Cc2cn(C(C)=O)c3ccccc23)c[n+]([O-])c(CC(C)C)c1=O. The molecule has 3 aromatic rings. The van der Waals surface area contributed by atoms with E-state index in [9.17, 15) is 14.8 Å². The molecular formula is C20H23N3O4. The summed E-state index contributed by atoms with van der Waals surface area (Å²) in [5, 5.41) is 13.3. The normalized spacial score (nSPS) is 11.3. The second kappa shape index (κ2) is 7.26. The summed E-state index contributed by atoms with van der Waals surface area (Å²) in [5.74, 6) is 0.0651. The molecule has 0 amide bonds. The number of rotatable bonds is 5. The van der Waals surface area contributed by atoms with E-state index < -0.39 is 5.56 Å². The van der Waals surface area contributed by atoms with Crippen molar-refractivity contribution in [3.8, 4) is 0 Å². The van der Waals surface area contributed by atoms with Crippen molar-refractivity contribution in [3.63, 3.8) is 0 Å². The van der Waals surface area contributed by atoms with E-state index >= 15 is 0 Å². The lowest BCUT2D eigenvalue weighted by atomic mass is 10.1. The molecule has 0 aliphatic rings. The molecule has 0 saturated carbocycles. The van der Waals surface area contributed by atoms with Gasteiger partial charge in [0.1, 0.15) is 12.8 Å². The zero-order chi connectivity index (χ0) is 19.7. The van der Waals surface area contributed by atoms with Crippen LogP contribution in [0.4, 0.5) is 0 Å². The van der Waals surface area contributed by atoms with Gasteiger partial charge in [0.2, 0.25) is 12.1 Å². The van der Waals surface area contributed by atoms with E-state index in [-0.39, 0.29) is 23.9 Å². The van der Waals surface area contributed by atoms with Gasteiger partial charge in [0.05, 0.1) is 5.52 Å². The topological polar surface area (TPSA) is 80.2 Å². The van der Waals surface area contributed by atoms with Gasteiger partial charge < -0.3 is 10.0 Å². The zero-order valence-corrected chi connectivity index (χ0v) is 15.9. The molecule has 0 aliphatic heterocycles. The van der Waals surface area contributed by atoms with Gasteiger partial charge >= 0.3 is 5.56 Å². The molecule has 0 N–H and O–H groups in total. The number of carbonyl (C=O) groups excluding carboxylic acids is 1. The molecule has 1 aromatic carbocycles. The molecule has 0 aliphatic carbocycles. The number of para-hydroxylation sites is 1. The van der Waals surface area contributed by atoms with Crippen LogP contribution in [0.2, 0.25) is 0 Å². The maximum Gasteiger partial charge on any atom is 0.352 e. The van der Waals surface area contributed by atoms with Gasteiger partial charge in [0, 0.05) is 31.3 Å². The second-order valence-electron chi connectivity index (χ2n) is 7.01. The molecule has 3 rings (SSSR count). The Morgan fingerprint density at radius 3 is 2.63 bits per heavy atom. The Labute approximate surface area is 157 Å². The summed E-state index contributed by atoms with van der Waals surface area (Å²) < 4.78 is 3.36. The van der Waals surface area contributed by atoms with Crippen molar-refractivity contribution in [2.75, 3.05) is 7.11 Å². The van der Waals surface area contributed by atoms with Crippen LogP contribution in [0.25, 0.3) is 10.9 Å². The van der Waals surface area contributed by atoms with Crippen molar-refractivity contribution < 1.29 is 14.4 Å². The van der Waals surface area contributed by atoms with Crippen LogP contribution in [0, 0.1) is 11.1 Å². The molecule has 0 fully saturated rings. The summed E-state index contributed by atoms with van der Waals surface area (Å²) in [7, 11) is 1.40. The van der Waals surface area contributed by atoms with Gasteiger partial charge in [-0.25, -0.2) is 0 Å². The van der Waals surface area contributed by atoms with Gasteiger partial charge in [-0.2, -0.15) is 4.73 Å². The quantitative estimate of drug-likeness (QED) is 0.508. The van der Waals surface area contributed by atoms with E-state index in [4.69, 9.17) is 4.84 Å². The summed E-state index contributed by atoms with van der Waals surface area (Å²) in [6.07, 6.45) is 3.78. The molecule has 27 heavy (non-hydrogen) atoms. The van der Waals surface area contributed by atoms with E-state index in [1.165, 1.54) is 20.2 Å². The molecule has 0 atom stereocenters. The highest BCUT2D eigenvalue weighted by molar-refractivity contribution is 5.93. The lowest BCUT2D eigenvalue weighted by molar-refractivity contribution is -0.617. The average molecular weight is 369 g/mol. The minimum absolute atomic E-state index is 0.104. The zero-order valence-electron chi connectivity index (χ0n) is 15.9. The van der Waals surface area contributed by atoms with Gasteiger partial charge in [-0.05, 0) is 17.5 Å². The highest BCUT2D eigenvalue weighted by atomic mass is 16.7. The summed E-state index contributed by atoms with van der Waals surface area (Å²) in [4.78, 5) is 29.9. The van der Waals surface area contributed by atoms with E-state index in [0.717, 1.165) is 21.2 Å². The van der Waals surface area contributed by atoms with Crippen LogP contribution in [-0.4, -0.2) is 22.3 Å². The largest absolute Gasteiger partial charge is 0.618 e. The Morgan fingerprint density at radius 1 is 1.30 bits per heavy atom. The average Bonchev–Trinajstić information content (AvgIpc) is 2.98. The molecule has 0 radical (unpaired) electrons. The molecule has 7 heteroatoms. The predicted molar refractivity (Wildman–Crippen MR) is 102 cm³/mol. The van der Waals surface area contributed by atoms with Crippen molar-refractivity contribution in [2.45, 2.75) is 33.6 Å². The molecular weight excluding hydrogens is 346 g/mol. The van der Waals surface area contributed by atoms with Crippen LogP contribution < -0.4 is 15.1 Å². The molecule has 2 aromatic heterocycles. The third-order valence-electron chi connectivity index (χ3n) is 4.51. The third kappa shape index (κ3) is 3.45. The fourth-order valence-electron chi connectivity index (χ4n) is 3.34. The molecule has 0 spiro atoms. The van der Waals surface area contributed by atoms with Gasteiger partial charge in [-0.1, -0.05) is 32.0 Å². The molecule has 2 heterocycles. The Morgan fingerprint density at radius 2 is 2.00 bits per heavy atom. The first-order valence-electron chi connectivity index (χ1n) is 8.84. The summed E-state index contributed by atoms with van der Waals surface area (Å²) in [6.45, 7) is 5.38. The maximum absolute atomic E-state index is 12.7. The number of hydrogen-bond donors (Lipinski definition) is 0. The summed E-state index contributed by atoms with van der Waals surface area (Å²) in [5.41, 5.74) is 1.76. The van der Waals surface area contributed by atoms with E-state index in [2.05, 4.69) is 0 Å². The van der Waals surface area contributed by atoms with E-state index in [1.54, 1.807) is 10.8 Å². The van der Waals surface area contributed by atoms with E-state index in [1.807, 2.05) is 38.1 Å². The monoisotopic (exact) mass is 369 g/mol. The summed E-state index contributed by atoms with van der Waals surface area (Å²) >= 11 is 0. The molecule has 7 nitrogen and oxygen atoms in total. The van der Waals surface area contributed by atoms with Crippen LogP contribution in [0.3, 0.4) is 0 Å². The first-order valence-corrected chi connectivity index (χ1v) is 8.84. The Hall–Kier alpha value is -3.09. The van der Waals surface area contributed by atoms with E-state index in [0.29, 0.717) is 16.8 Å². The Kier molecular flexibility index (Phi) is 5.03.